The van der Waals surface area contributed by atoms with Crippen LogP contribution in [0.1, 0.15) is 39.3 Å². The van der Waals surface area contributed by atoms with Crippen LogP contribution in [0.4, 0.5) is 0 Å². The number of hydrogen-bond donors (Lipinski definition) is 2. The molecule has 0 bridgehead atoms. The molecule has 2 amide bonds. The van der Waals surface area contributed by atoms with Crippen molar-refractivity contribution in [3.05, 3.63) is 52.2 Å². The highest BCUT2D eigenvalue weighted by molar-refractivity contribution is 7.89. The normalized spacial score (nSPS) is 14.7. The lowest BCUT2D eigenvalue weighted by Gasteiger charge is -2.25. The number of carbonyl (C=O) groups is 3. The van der Waals surface area contributed by atoms with Crippen molar-refractivity contribution in [3.8, 4) is 0 Å². The van der Waals surface area contributed by atoms with Gasteiger partial charge in [0.25, 0.3) is 11.8 Å². The molecular weight excluding hydrogens is 430 g/mol. The van der Waals surface area contributed by atoms with E-state index in [1.54, 1.807) is 17.5 Å². The predicted molar refractivity (Wildman–Crippen MR) is 109 cm³/mol. The zero-order valence-corrected chi connectivity index (χ0v) is 17.6. The lowest BCUT2D eigenvalue weighted by atomic mass is 10.2. The minimum Gasteiger partial charge on any atom is -0.452 e. The molecule has 1 fully saturated rings. The summed E-state index contributed by atoms with van der Waals surface area (Å²) in [4.78, 5) is 36.1. The zero-order chi connectivity index (χ0) is 21.6. The quantitative estimate of drug-likeness (QED) is 0.508. The van der Waals surface area contributed by atoms with E-state index >= 15 is 0 Å². The molecule has 11 heteroatoms. The van der Waals surface area contributed by atoms with E-state index in [2.05, 4.69) is 10.9 Å². The maximum Gasteiger partial charge on any atom is 0.338 e. The van der Waals surface area contributed by atoms with Crippen LogP contribution >= 0.6 is 11.3 Å². The fourth-order valence-electron chi connectivity index (χ4n) is 2.86. The number of rotatable bonds is 6. The maximum atomic E-state index is 12.6. The molecule has 1 aromatic carbocycles. The minimum atomic E-state index is -3.59. The number of ether oxygens (including phenoxy) is 1. The fourth-order valence-corrected chi connectivity index (χ4v) is 5.00. The third kappa shape index (κ3) is 5.43. The molecule has 0 saturated carbocycles. The summed E-state index contributed by atoms with van der Waals surface area (Å²) in [6.07, 6.45) is 2.68. The molecule has 0 radical (unpaired) electrons. The molecule has 2 aromatic rings. The van der Waals surface area contributed by atoms with Gasteiger partial charge in [0.2, 0.25) is 10.0 Å². The van der Waals surface area contributed by atoms with Crippen LogP contribution in [0.2, 0.25) is 0 Å². The van der Waals surface area contributed by atoms with Crippen molar-refractivity contribution >= 4 is 39.1 Å². The Kier molecular flexibility index (Phi) is 7.19. The van der Waals surface area contributed by atoms with Crippen molar-refractivity contribution in [2.24, 2.45) is 0 Å². The summed E-state index contributed by atoms with van der Waals surface area (Å²) in [7, 11) is -3.59. The van der Waals surface area contributed by atoms with E-state index in [1.165, 1.54) is 39.9 Å². The minimum absolute atomic E-state index is 0.106. The largest absolute Gasteiger partial charge is 0.452 e. The van der Waals surface area contributed by atoms with E-state index in [1.807, 2.05) is 0 Å². The van der Waals surface area contributed by atoms with Crippen molar-refractivity contribution in [1.82, 2.24) is 15.2 Å². The van der Waals surface area contributed by atoms with Crippen LogP contribution in [-0.2, 0) is 19.6 Å². The number of esters is 1. The number of sulfonamides is 1. The molecule has 0 unspecified atom stereocenters. The van der Waals surface area contributed by atoms with Gasteiger partial charge in [-0.05, 0) is 48.6 Å². The Hall–Kier alpha value is -2.76. The average molecular weight is 452 g/mol. The Morgan fingerprint density at radius 2 is 1.70 bits per heavy atom. The van der Waals surface area contributed by atoms with Gasteiger partial charge < -0.3 is 4.74 Å². The molecule has 1 aliphatic rings. The summed E-state index contributed by atoms with van der Waals surface area (Å²) in [5, 5.41) is 1.72. The Morgan fingerprint density at radius 1 is 1.00 bits per heavy atom. The highest BCUT2D eigenvalue weighted by Gasteiger charge is 2.26. The molecule has 0 spiro atoms. The molecule has 3 rings (SSSR count). The molecule has 0 atom stereocenters. The Bertz CT molecular complexity index is 997. The van der Waals surface area contributed by atoms with Gasteiger partial charge >= 0.3 is 5.97 Å². The summed E-state index contributed by atoms with van der Waals surface area (Å²) < 4.78 is 31.6. The topological polar surface area (TPSA) is 122 Å². The second kappa shape index (κ2) is 9.83. The molecule has 1 aromatic heterocycles. The van der Waals surface area contributed by atoms with Gasteiger partial charge in [-0.1, -0.05) is 12.5 Å². The molecule has 30 heavy (non-hydrogen) atoms. The number of piperidine rings is 1. The first-order valence-corrected chi connectivity index (χ1v) is 11.6. The van der Waals surface area contributed by atoms with Crippen LogP contribution in [0, 0.1) is 0 Å². The highest BCUT2D eigenvalue weighted by Crippen LogP contribution is 2.21. The fraction of sp³-hybridized carbons (Fsp3) is 0.316. The third-order valence-corrected chi connectivity index (χ3v) is 7.22. The van der Waals surface area contributed by atoms with Gasteiger partial charge in [-0.3, -0.25) is 20.4 Å². The van der Waals surface area contributed by atoms with Crippen molar-refractivity contribution in [1.29, 1.82) is 0 Å². The molecule has 2 heterocycles. The Morgan fingerprint density at radius 3 is 2.33 bits per heavy atom. The van der Waals surface area contributed by atoms with Gasteiger partial charge in [0.15, 0.2) is 6.61 Å². The van der Waals surface area contributed by atoms with E-state index in [0.29, 0.717) is 18.0 Å². The van der Waals surface area contributed by atoms with Gasteiger partial charge in [-0.15, -0.1) is 11.3 Å². The first kappa shape index (κ1) is 21.9. The standard InChI is InChI=1S/C19H21N3O6S2/c23-17(20-21-18(24)16-5-4-12-29-16)13-28-19(25)14-6-8-15(9-7-14)30(26,27)22-10-2-1-3-11-22/h4-9,12H,1-3,10-11,13H2,(H,20,23)(H,21,24). The van der Waals surface area contributed by atoms with Crippen LogP contribution in [0.15, 0.2) is 46.7 Å². The molecule has 1 aliphatic heterocycles. The zero-order valence-electron chi connectivity index (χ0n) is 16.0. The van der Waals surface area contributed by atoms with Crippen LogP contribution in [0.3, 0.4) is 0 Å². The number of hydrazine groups is 1. The Labute approximate surface area is 178 Å². The number of thiophene rings is 1. The van der Waals surface area contributed by atoms with Crippen molar-refractivity contribution in [2.75, 3.05) is 19.7 Å². The highest BCUT2D eigenvalue weighted by atomic mass is 32.2. The van der Waals surface area contributed by atoms with Gasteiger partial charge in [0, 0.05) is 13.1 Å². The van der Waals surface area contributed by atoms with E-state index in [4.69, 9.17) is 4.74 Å². The molecule has 2 N–H and O–H groups in total. The summed E-state index contributed by atoms with van der Waals surface area (Å²) in [5.41, 5.74) is 4.48. The monoisotopic (exact) mass is 451 g/mol. The first-order chi connectivity index (χ1) is 14.4. The number of carbonyl (C=O) groups excluding carboxylic acids is 3. The van der Waals surface area contributed by atoms with Crippen LogP contribution in [0.5, 0.6) is 0 Å². The van der Waals surface area contributed by atoms with Crippen LogP contribution in [-0.4, -0.2) is 50.2 Å². The van der Waals surface area contributed by atoms with Crippen molar-refractivity contribution in [3.63, 3.8) is 0 Å². The molecular formula is C19H21N3O6S2. The van der Waals surface area contributed by atoms with E-state index in [9.17, 15) is 22.8 Å². The SMILES string of the molecule is O=C(COC(=O)c1ccc(S(=O)(=O)N2CCCCC2)cc1)NNC(=O)c1cccs1. The second-order valence-electron chi connectivity index (χ2n) is 6.54. The third-order valence-electron chi connectivity index (χ3n) is 4.44. The number of hydrogen-bond acceptors (Lipinski definition) is 7. The van der Waals surface area contributed by atoms with Crippen molar-refractivity contribution < 1.29 is 27.5 Å². The summed E-state index contributed by atoms with van der Waals surface area (Å²) in [6, 6.07) is 8.68. The van der Waals surface area contributed by atoms with Crippen molar-refractivity contribution in [2.45, 2.75) is 24.2 Å². The molecule has 9 nitrogen and oxygen atoms in total. The van der Waals surface area contributed by atoms with E-state index in [-0.39, 0.29) is 10.5 Å². The number of nitrogens with zero attached hydrogens (tertiary/aromatic N) is 1. The average Bonchev–Trinajstić information content (AvgIpc) is 3.31. The molecule has 0 aliphatic carbocycles. The Balaban J connectivity index is 1.49. The number of benzene rings is 1. The first-order valence-electron chi connectivity index (χ1n) is 9.28. The summed E-state index contributed by atoms with van der Waals surface area (Å²) in [6.45, 7) is 0.381. The smallest absolute Gasteiger partial charge is 0.338 e. The lowest BCUT2D eigenvalue weighted by Crippen LogP contribution is -2.43. The number of amides is 2. The maximum absolute atomic E-state index is 12.6. The van der Waals surface area contributed by atoms with Crippen LogP contribution in [0.25, 0.3) is 0 Å². The van der Waals surface area contributed by atoms with Gasteiger partial charge in [0.05, 0.1) is 15.3 Å². The van der Waals surface area contributed by atoms with Gasteiger partial charge in [-0.25, -0.2) is 13.2 Å². The predicted octanol–water partition coefficient (Wildman–Crippen LogP) is 1.54. The van der Waals surface area contributed by atoms with E-state index < -0.39 is 34.4 Å². The van der Waals surface area contributed by atoms with Crippen LogP contribution < -0.4 is 10.9 Å². The molecule has 1 saturated heterocycles. The second-order valence-corrected chi connectivity index (χ2v) is 9.43. The number of nitrogens with one attached hydrogen (secondary N) is 2. The van der Waals surface area contributed by atoms with E-state index in [0.717, 1.165) is 19.3 Å². The lowest BCUT2D eigenvalue weighted by molar-refractivity contribution is -0.125. The summed E-state index contributed by atoms with van der Waals surface area (Å²) in [5.74, 6) is -1.97. The van der Waals surface area contributed by atoms with Gasteiger partial charge in [-0.2, -0.15) is 4.31 Å². The molecule has 160 valence electrons. The van der Waals surface area contributed by atoms with Gasteiger partial charge in [0.1, 0.15) is 0 Å². The summed E-state index contributed by atoms with van der Waals surface area (Å²) >= 11 is 1.22.